The highest BCUT2D eigenvalue weighted by Gasteiger charge is 2.22. The summed E-state index contributed by atoms with van der Waals surface area (Å²) in [5.74, 6) is 1.07. The first kappa shape index (κ1) is 31.0. The molecule has 0 bridgehead atoms. The van der Waals surface area contributed by atoms with Crippen LogP contribution >= 0.6 is 11.3 Å². The predicted molar refractivity (Wildman–Crippen MR) is 232 cm³/mol. The van der Waals surface area contributed by atoms with Crippen molar-refractivity contribution in [2.45, 2.75) is 13.3 Å². The Morgan fingerprint density at radius 1 is 0.463 bits per heavy atom. The number of fused-ring (bicyclic) bond motifs is 7. The first-order valence-corrected chi connectivity index (χ1v) is 19.5. The number of aromatic nitrogens is 2. The molecule has 0 spiro atoms. The number of hydrogen-bond acceptors (Lipinski definition) is 2. The van der Waals surface area contributed by atoms with Crippen molar-refractivity contribution in [3.05, 3.63) is 182 Å². The fourth-order valence-electron chi connectivity index (χ4n) is 8.83. The summed E-state index contributed by atoms with van der Waals surface area (Å²) in [6, 6.07) is 64.7. The molecule has 0 N–H and O–H groups in total. The lowest BCUT2D eigenvalue weighted by Crippen LogP contribution is -2.01. The van der Waals surface area contributed by atoms with E-state index in [1.54, 1.807) is 0 Å². The smallest absolute Gasteiger partial charge is 0.114 e. The van der Waals surface area contributed by atoms with E-state index in [1.807, 2.05) is 11.3 Å². The van der Waals surface area contributed by atoms with Gasteiger partial charge < -0.3 is 0 Å². The number of rotatable bonds is 5. The van der Waals surface area contributed by atoms with Gasteiger partial charge in [-0.15, -0.1) is 11.3 Å². The quantitative estimate of drug-likeness (QED) is 0.163. The summed E-state index contributed by atoms with van der Waals surface area (Å²) in [6.07, 6.45) is 0.845. The molecule has 0 amide bonds. The Labute approximate surface area is 317 Å². The first-order valence-electron chi connectivity index (χ1n) is 18.7. The minimum atomic E-state index is 0.845. The average molecular weight is 707 g/mol. The Morgan fingerprint density at radius 2 is 1.11 bits per heavy atom. The van der Waals surface area contributed by atoms with Gasteiger partial charge in [0.2, 0.25) is 0 Å². The van der Waals surface area contributed by atoms with Crippen LogP contribution < -0.4 is 0 Å². The van der Waals surface area contributed by atoms with Gasteiger partial charge >= 0.3 is 0 Å². The second kappa shape index (κ2) is 12.3. The SMILES string of the molecule is CCc1nc2ccccc2n1-c1ccc(-c2c3ccccc3c(-c3cccc4sc5ccccc5c34)c3cc(-c4ccccc4)ccc23)c2ccccc12. The van der Waals surface area contributed by atoms with E-state index >= 15 is 0 Å². The zero-order valence-corrected chi connectivity index (χ0v) is 30.6. The Kier molecular flexibility index (Phi) is 7.05. The molecule has 0 unspecified atom stereocenters. The van der Waals surface area contributed by atoms with Crippen molar-refractivity contribution in [3.63, 3.8) is 0 Å². The van der Waals surface area contributed by atoms with E-state index < -0.39 is 0 Å². The normalized spacial score (nSPS) is 11.9. The summed E-state index contributed by atoms with van der Waals surface area (Å²) < 4.78 is 4.99. The molecule has 0 aliphatic rings. The van der Waals surface area contributed by atoms with E-state index in [0.29, 0.717) is 0 Å². The van der Waals surface area contributed by atoms with Crippen LogP contribution in [0.1, 0.15) is 12.7 Å². The van der Waals surface area contributed by atoms with E-state index in [-0.39, 0.29) is 0 Å². The van der Waals surface area contributed by atoms with Crippen LogP contribution in [0.4, 0.5) is 0 Å². The van der Waals surface area contributed by atoms with Crippen molar-refractivity contribution in [1.82, 2.24) is 9.55 Å². The maximum Gasteiger partial charge on any atom is 0.114 e. The highest BCUT2D eigenvalue weighted by molar-refractivity contribution is 7.26. The topological polar surface area (TPSA) is 17.8 Å². The van der Waals surface area contributed by atoms with Crippen LogP contribution in [0.2, 0.25) is 0 Å². The van der Waals surface area contributed by atoms with Gasteiger partial charge in [0.15, 0.2) is 0 Å². The molecule has 254 valence electrons. The van der Waals surface area contributed by atoms with Crippen LogP contribution in [0.25, 0.3) is 103 Å². The average Bonchev–Trinajstić information content (AvgIpc) is 3.81. The minimum absolute atomic E-state index is 0.845. The lowest BCUT2D eigenvalue weighted by Gasteiger charge is -2.21. The largest absolute Gasteiger partial charge is 0.296 e. The summed E-state index contributed by atoms with van der Waals surface area (Å²) in [6.45, 7) is 2.19. The van der Waals surface area contributed by atoms with E-state index in [1.165, 1.54) is 85.9 Å². The summed E-state index contributed by atoms with van der Waals surface area (Å²) in [7, 11) is 0. The van der Waals surface area contributed by atoms with E-state index in [4.69, 9.17) is 4.98 Å². The van der Waals surface area contributed by atoms with Crippen molar-refractivity contribution in [2.75, 3.05) is 0 Å². The molecule has 0 saturated heterocycles. The Balaban J connectivity index is 1.27. The molecule has 0 radical (unpaired) electrons. The minimum Gasteiger partial charge on any atom is -0.296 e. The van der Waals surface area contributed by atoms with E-state index in [2.05, 4.69) is 187 Å². The van der Waals surface area contributed by atoms with Crippen molar-refractivity contribution in [2.24, 2.45) is 0 Å². The molecule has 3 heteroatoms. The van der Waals surface area contributed by atoms with Crippen molar-refractivity contribution >= 4 is 74.9 Å². The van der Waals surface area contributed by atoms with E-state index in [9.17, 15) is 0 Å². The number of para-hydroxylation sites is 2. The number of nitrogens with zero attached hydrogens (tertiary/aromatic N) is 2. The molecule has 0 aliphatic carbocycles. The molecule has 0 aliphatic heterocycles. The third-order valence-corrected chi connectivity index (χ3v) is 12.3. The van der Waals surface area contributed by atoms with Crippen LogP contribution in [0.3, 0.4) is 0 Å². The molecule has 9 aromatic carbocycles. The van der Waals surface area contributed by atoms with Gasteiger partial charge in [0.05, 0.1) is 16.7 Å². The Bertz CT molecular complexity index is 3260. The lowest BCUT2D eigenvalue weighted by atomic mass is 9.83. The second-order valence-electron chi connectivity index (χ2n) is 14.1. The molecule has 0 atom stereocenters. The maximum atomic E-state index is 5.05. The van der Waals surface area contributed by atoms with Crippen LogP contribution in [0.5, 0.6) is 0 Å². The summed E-state index contributed by atoms with van der Waals surface area (Å²) in [5.41, 5.74) is 10.8. The van der Waals surface area contributed by atoms with Gasteiger partial charge in [0, 0.05) is 32.0 Å². The summed E-state index contributed by atoms with van der Waals surface area (Å²) in [5, 5.41) is 10.1. The molecular formula is C51H34N2S. The van der Waals surface area contributed by atoms with Crippen molar-refractivity contribution < 1.29 is 0 Å². The van der Waals surface area contributed by atoms with Gasteiger partial charge in [-0.3, -0.25) is 4.57 Å². The molecular weight excluding hydrogens is 673 g/mol. The van der Waals surface area contributed by atoms with E-state index in [0.717, 1.165) is 29.0 Å². The summed E-state index contributed by atoms with van der Waals surface area (Å²) >= 11 is 1.88. The maximum absolute atomic E-state index is 5.05. The first-order chi connectivity index (χ1) is 26.8. The van der Waals surface area contributed by atoms with Crippen LogP contribution in [0, 0.1) is 0 Å². The Hall–Kier alpha value is -6.55. The molecule has 11 rings (SSSR count). The predicted octanol–water partition coefficient (Wildman–Crippen LogP) is 14.4. The zero-order chi connectivity index (χ0) is 35.8. The number of aryl methyl sites for hydroxylation is 1. The number of benzene rings is 9. The molecule has 0 fully saturated rings. The molecule has 0 saturated carbocycles. The van der Waals surface area contributed by atoms with Gasteiger partial charge in [-0.2, -0.15) is 0 Å². The fraction of sp³-hybridized carbons (Fsp3) is 0.0392. The van der Waals surface area contributed by atoms with Crippen molar-refractivity contribution in [3.8, 4) is 39.1 Å². The number of hydrogen-bond donors (Lipinski definition) is 0. The van der Waals surface area contributed by atoms with Crippen LogP contribution in [-0.2, 0) is 6.42 Å². The number of imidazole rings is 1. The van der Waals surface area contributed by atoms with Gasteiger partial charge in [-0.1, -0.05) is 146 Å². The highest BCUT2D eigenvalue weighted by atomic mass is 32.1. The third-order valence-electron chi connectivity index (χ3n) is 11.2. The monoisotopic (exact) mass is 706 g/mol. The highest BCUT2D eigenvalue weighted by Crippen LogP contribution is 2.50. The van der Waals surface area contributed by atoms with Gasteiger partial charge in [-0.25, -0.2) is 4.98 Å². The second-order valence-corrected chi connectivity index (χ2v) is 15.2. The molecule has 11 aromatic rings. The van der Waals surface area contributed by atoms with Crippen LogP contribution in [0.15, 0.2) is 176 Å². The van der Waals surface area contributed by atoms with Crippen molar-refractivity contribution in [1.29, 1.82) is 0 Å². The lowest BCUT2D eigenvalue weighted by molar-refractivity contribution is 0.913. The molecule has 2 heterocycles. The molecule has 2 nitrogen and oxygen atoms in total. The van der Waals surface area contributed by atoms with Gasteiger partial charge in [-0.05, 0) is 96.7 Å². The third kappa shape index (κ3) is 4.62. The summed E-state index contributed by atoms with van der Waals surface area (Å²) in [4.78, 5) is 5.05. The molecule has 2 aromatic heterocycles. The Morgan fingerprint density at radius 3 is 1.93 bits per heavy atom. The van der Waals surface area contributed by atoms with Gasteiger partial charge in [0.25, 0.3) is 0 Å². The number of thiophene rings is 1. The fourth-order valence-corrected chi connectivity index (χ4v) is 9.96. The van der Waals surface area contributed by atoms with Crippen LogP contribution in [-0.4, -0.2) is 9.55 Å². The standard InChI is InChI=1S/C51H34N2S/c1-2-48-52-43-23-11-12-24-45(43)53(48)44-30-29-38(34-17-6-7-18-35(34)44)49-36-19-8-9-20-37(36)50(42-31-33(27-28-39(42)49)32-15-4-3-5-16-32)41-22-14-26-47-51(41)40-21-10-13-25-46(40)54-47/h3-31H,2H2,1H3. The molecule has 54 heavy (non-hydrogen) atoms. The van der Waals surface area contributed by atoms with Gasteiger partial charge in [0.1, 0.15) is 5.82 Å². The zero-order valence-electron chi connectivity index (χ0n) is 29.8.